The minimum absolute atomic E-state index is 0. The largest absolute Gasteiger partial charge is 0.748 e. The van der Waals surface area contributed by atoms with Crippen LogP contribution in [0.25, 0.3) is 11.5 Å². The Labute approximate surface area is 147 Å². The zero-order valence-corrected chi connectivity index (χ0v) is 13.9. The number of rotatable bonds is 3. The molecule has 0 amide bonds. The van der Waals surface area contributed by atoms with E-state index in [1.165, 1.54) is 5.57 Å². The van der Waals surface area contributed by atoms with Gasteiger partial charge in [0.05, 0.1) is 5.69 Å². The fourth-order valence-corrected chi connectivity index (χ4v) is 2.37. The van der Waals surface area contributed by atoms with E-state index in [9.17, 15) is 0 Å². The molecule has 23 heavy (non-hydrogen) atoms. The standard InChI is InChI=1S/C15H14NO.C5H5.Fe/c1-2-6-12(7-3-1)10-14-11-17-15(16-14)13-8-4-5-9-13;1-2-4-5-3-1;/h2,4-9,11H,1,3,10H2;1-5H;/q-1;-5;. The molecule has 1 heterocycles. The zero-order valence-electron chi connectivity index (χ0n) is 12.8. The predicted molar refractivity (Wildman–Crippen MR) is 89.7 cm³/mol. The van der Waals surface area contributed by atoms with E-state index < -0.39 is 0 Å². The van der Waals surface area contributed by atoms with Crippen molar-refractivity contribution in [2.75, 3.05) is 0 Å². The number of allylic oxidation sites excluding steroid dienone is 4. The Bertz CT molecular complexity index is 700. The monoisotopic (exact) mass is 345 g/mol. The summed E-state index contributed by atoms with van der Waals surface area (Å²) in [7, 11) is 0. The van der Waals surface area contributed by atoms with Crippen LogP contribution in [0.5, 0.6) is 0 Å². The number of nitrogens with zero attached hydrogens (tertiary/aromatic N) is 1. The molecule has 1 aliphatic carbocycles. The zero-order chi connectivity index (χ0) is 15.0. The summed E-state index contributed by atoms with van der Waals surface area (Å²) >= 11 is 0. The quantitative estimate of drug-likeness (QED) is 0.477. The molecule has 0 saturated heterocycles. The second-order valence-electron chi connectivity index (χ2n) is 5.22. The molecule has 2 aromatic carbocycles. The predicted octanol–water partition coefficient (Wildman–Crippen LogP) is 5.28. The van der Waals surface area contributed by atoms with E-state index in [1.54, 1.807) is 6.26 Å². The van der Waals surface area contributed by atoms with Gasteiger partial charge in [0.2, 0.25) is 0 Å². The molecule has 1 aliphatic rings. The van der Waals surface area contributed by atoms with Crippen LogP contribution in [0.4, 0.5) is 0 Å². The summed E-state index contributed by atoms with van der Waals surface area (Å²) in [6, 6.07) is 18.0. The van der Waals surface area contributed by atoms with Gasteiger partial charge in [0.25, 0.3) is 0 Å². The maximum absolute atomic E-state index is 5.49. The van der Waals surface area contributed by atoms with Crippen molar-refractivity contribution in [1.29, 1.82) is 0 Å². The van der Waals surface area contributed by atoms with Crippen molar-refractivity contribution in [3.63, 3.8) is 0 Å². The molecule has 124 valence electrons. The number of hydrogen-bond donors (Lipinski definition) is 0. The van der Waals surface area contributed by atoms with Gasteiger partial charge in [-0.3, -0.25) is 0 Å². The van der Waals surface area contributed by atoms with E-state index in [4.69, 9.17) is 4.42 Å². The van der Waals surface area contributed by atoms with E-state index in [0.717, 1.165) is 30.5 Å². The van der Waals surface area contributed by atoms with Gasteiger partial charge >= 0.3 is 0 Å². The fraction of sp³-hybridized carbons (Fsp3) is 0.150. The smallest absolute Gasteiger partial charge is 0.168 e. The van der Waals surface area contributed by atoms with Gasteiger partial charge in [-0.15, -0.1) is 0 Å². The Kier molecular flexibility index (Phi) is 6.86. The van der Waals surface area contributed by atoms with E-state index in [-0.39, 0.29) is 17.1 Å². The summed E-state index contributed by atoms with van der Waals surface area (Å²) in [6.07, 6.45) is 11.6. The normalized spacial score (nSPS) is 12.8. The molecule has 2 nitrogen and oxygen atoms in total. The molecule has 0 fully saturated rings. The molecule has 0 N–H and O–H groups in total. The number of aromatic nitrogens is 1. The summed E-state index contributed by atoms with van der Waals surface area (Å²) in [5.74, 6) is 0.713. The third kappa shape index (κ3) is 5.24. The Balaban J connectivity index is 0.000000276. The van der Waals surface area contributed by atoms with Crippen molar-refractivity contribution < 1.29 is 21.5 Å². The van der Waals surface area contributed by atoms with Crippen molar-refractivity contribution in [2.45, 2.75) is 19.3 Å². The average molecular weight is 345 g/mol. The maximum atomic E-state index is 5.49. The molecule has 0 atom stereocenters. The maximum Gasteiger partial charge on any atom is 0.168 e. The summed E-state index contributed by atoms with van der Waals surface area (Å²) in [5.41, 5.74) is 3.38. The van der Waals surface area contributed by atoms with Crippen LogP contribution in [-0.2, 0) is 23.5 Å². The fourth-order valence-electron chi connectivity index (χ4n) is 2.37. The van der Waals surface area contributed by atoms with Crippen LogP contribution in [0.2, 0.25) is 0 Å². The minimum Gasteiger partial charge on any atom is -0.748 e. The van der Waals surface area contributed by atoms with Crippen LogP contribution < -0.4 is 0 Å². The van der Waals surface area contributed by atoms with Gasteiger partial charge in [0, 0.05) is 23.5 Å². The topological polar surface area (TPSA) is 26.0 Å². The van der Waals surface area contributed by atoms with Gasteiger partial charge < -0.3 is 34.7 Å². The first-order valence-electron chi connectivity index (χ1n) is 7.60. The third-order valence-corrected chi connectivity index (χ3v) is 3.47. The molecule has 0 bridgehead atoms. The Morgan fingerprint density at radius 1 is 1.04 bits per heavy atom. The average Bonchev–Trinajstić information content (AvgIpc) is 3.32. The van der Waals surface area contributed by atoms with Crippen molar-refractivity contribution in [3.8, 4) is 11.5 Å². The Morgan fingerprint density at radius 2 is 1.74 bits per heavy atom. The first kappa shape index (κ1) is 17.3. The second kappa shape index (κ2) is 9.14. The van der Waals surface area contributed by atoms with Gasteiger partial charge in [0.1, 0.15) is 6.26 Å². The van der Waals surface area contributed by atoms with Gasteiger partial charge in [-0.1, -0.05) is 23.8 Å². The molecule has 1 aromatic heterocycles. The summed E-state index contributed by atoms with van der Waals surface area (Å²) < 4.78 is 5.49. The van der Waals surface area contributed by atoms with Crippen molar-refractivity contribution in [3.05, 3.63) is 90.4 Å². The molecule has 0 spiro atoms. The van der Waals surface area contributed by atoms with Crippen LogP contribution >= 0.6 is 0 Å². The van der Waals surface area contributed by atoms with E-state index in [0.29, 0.717) is 5.89 Å². The van der Waals surface area contributed by atoms with Crippen LogP contribution in [-0.4, -0.2) is 4.98 Å². The molecule has 4 rings (SSSR count). The molecular formula is C20H19FeNO-6. The Morgan fingerprint density at radius 3 is 2.35 bits per heavy atom. The molecular weight excluding hydrogens is 326 g/mol. The van der Waals surface area contributed by atoms with E-state index >= 15 is 0 Å². The number of hydrogen-bond acceptors (Lipinski definition) is 2. The third-order valence-electron chi connectivity index (χ3n) is 3.47. The molecule has 3 aromatic rings. The number of oxazole rings is 1. The van der Waals surface area contributed by atoms with Crippen LogP contribution in [0.1, 0.15) is 18.5 Å². The van der Waals surface area contributed by atoms with Gasteiger partial charge in [-0.05, 0) is 18.4 Å². The van der Waals surface area contributed by atoms with Gasteiger partial charge in [-0.25, -0.2) is 17.1 Å². The van der Waals surface area contributed by atoms with Crippen molar-refractivity contribution >= 4 is 0 Å². The van der Waals surface area contributed by atoms with Gasteiger partial charge in [0.15, 0.2) is 5.89 Å². The van der Waals surface area contributed by atoms with E-state index in [2.05, 4.69) is 23.2 Å². The molecule has 3 heteroatoms. The molecule has 0 saturated carbocycles. The first-order valence-corrected chi connectivity index (χ1v) is 7.60. The van der Waals surface area contributed by atoms with E-state index in [1.807, 2.05) is 54.6 Å². The molecule has 0 radical (unpaired) electrons. The van der Waals surface area contributed by atoms with Crippen molar-refractivity contribution in [2.24, 2.45) is 0 Å². The first-order chi connectivity index (χ1) is 10.9. The minimum atomic E-state index is 0. The van der Waals surface area contributed by atoms with Crippen LogP contribution in [0.15, 0.2) is 89.1 Å². The van der Waals surface area contributed by atoms with Crippen molar-refractivity contribution in [1.82, 2.24) is 4.98 Å². The SMILES string of the molecule is C1=CC(Cc2coc(-[c-]3cccc3)n2)=CCC1.[Fe].[cH-]1[cH-][cH-][cH-][cH-]1. The Hall–Kier alpha value is -2.09. The van der Waals surface area contributed by atoms with Gasteiger partial charge in [-0.2, -0.15) is 12.1 Å². The summed E-state index contributed by atoms with van der Waals surface area (Å²) in [6.45, 7) is 0. The summed E-state index contributed by atoms with van der Waals surface area (Å²) in [4.78, 5) is 4.51. The molecule has 0 unspecified atom stereocenters. The molecule has 0 aliphatic heterocycles. The summed E-state index contributed by atoms with van der Waals surface area (Å²) in [5, 5.41) is 0. The van der Waals surface area contributed by atoms with Crippen LogP contribution in [0.3, 0.4) is 0 Å². The van der Waals surface area contributed by atoms with Crippen LogP contribution in [0, 0.1) is 0 Å². The second-order valence-corrected chi connectivity index (χ2v) is 5.22.